The minimum Gasteiger partial charge on any atom is -0.497 e. The first-order valence-electron chi connectivity index (χ1n) is 10.5. The quantitative estimate of drug-likeness (QED) is 0.570. The molecule has 0 aromatic heterocycles. The number of methoxy groups -OCH3 is 1. The lowest BCUT2D eigenvalue weighted by atomic mass is 10.1. The van der Waals surface area contributed by atoms with E-state index in [0.717, 1.165) is 12.1 Å². The van der Waals surface area contributed by atoms with Crippen molar-refractivity contribution in [3.05, 3.63) is 89.5 Å². The number of para-hydroxylation sites is 2. The van der Waals surface area contributed by atoms with Gasteiger partial charge >= 0.3 is 6.03 Å². The Kier molecular flexibility index (Phi) is 6.53. The number of benzene rings is 3. The highest BCUT2D eigenvalue weighted by molar-refractivity contribution is 6.07. The summed E-state index contributed by atoms with van der Waals surface area (Å²) in [5, 5.41) is 2.88. The molecule has 0 spiro atoms. The number of hydrogen-bond acceptors (Lipinski definition) is 3. The largest absolute Gasteiger partial charge is 0.497 e. The SMILES string of the molecule is COc1ccc(C(=O)Nc2ccccc2N2CCCN(Cc3ccc(F)c(F)c3)C2=O)cc1. The number of nitrogens with one attached hydrogen (secondary N) is 1. The molecule has 1 aliphatic heterocycles. The molecule has 1 N–H and O–H groups in total. The zero-order valence-electron chi connectivity index (χ0n) is 18.1. The lowest BCUT2D eigenvalue weighted by molar-refractivity contribution is 0.102. The average Bonchev–Trinajstić information content (AvgIpc) is 2.83. The van der Waals surface area contributed by atoms with Gasteiger partial charge in [-0.25, -0.2) is 13.6 Å². The van der Waals surface area contributed by atoms with Crippen LogP contribution in [0.15, 0.2) is 66.7 Å². The molecule has 0 unspecified atom stereocenters. The van der Waals surface area contributed by atoms with Crippen molar-refractivity contribution in [2.45, 2.75) is 13.0 Å². The first kappa shape index (κ1) is 22.3. The maximum atomic E-state index is 13.6. The highest BCUT2D eigenvalue weighted by atomic mass is 19.2. The van der Waals surface area contributed by atoms with Crippen molar-refractivity contribution >= 4 is 23.3 Å². The van der Waals surface area contributed by atoms with E-state index in [1.807, 2.05) is 0 Å². The number of hydrogen-bond donors (Lipinski definition) is 1. The van der Waals surface area contributed by atoms with Crippen molar-refractivity contribution in [2.75, 3.05) is 30.4 Å². The van der Waals surface area contributed by atoms with Gasteiger partial charge < -0.3 is 15.0 Å². The topological polar surface area (TPSA) is 61.9 Å². The number of nitrogens with zero attached hydrogens (tertiary/aromatic N) is 2. The fourth-order valence-corrected chi connectivity index (χ4v) is 3.76. The van der Waals surface area contributed by atoms with E-state index in [1.54, 1.807) is 65.4 Å². The molecular weight excluding hydrogens is 428 g/mol. The molecule has 0 saturated carbocycles. The molecule has 1 fully saturated rings. The van der Waals surface area contributed by atoms with E-state index in [2.05, 4.69) is 5.32 Å². The maximum Gasteiger partial charge on any atom is 0.324 e. The van der Waals surface area contributed by atoms with Crippen LogP contribution in [0.4, 0.5) is 25.0 Å². The second-order valence-electron chi connectivity index (χ2n) is 7.66. The Morgan fingerprint density at radius 1 is 1.00 bits per heavy atom. The summed E-state index contributed by atoms with van der Waals surface area (Å²) in [4.78, 5) is 29.2. The number of anilines is 2. The van der Waals surface area contributed by atoms with Crippen LogP contribution in [0.3, 0.4) is 0 Å². The predicted molar refractivity (Wildman–Crippen MR) is 122 cm³/mol. The summed E-state index contributed by atoms with van der Waals surface area (Å²) in [6.45, 7) is 1.13. The summed E-state index contributed by atoms with van der Waals surface area (Å²) in [5.74, 6) is -1.53. The van der Waals surface area contributed by atoms with Crippen LogP contribution in [0.25, 0.3) is 0 Å². The Bertz CT molecular complexity index is 1170. The number of ether oxygens (including phenoxy) is 1. The van der Waals surface area contributed by atoms with Gasteiger partial charge in [0.05, 0.1) is 18.5 Å². The Labute approximate surface area is 190 Å². The van der Waals surface area contributed by atoms with Crippen molar-refractivity contribution in [1.29, 1.82) is 0 Å². The van der Waals surface area contributed by atoms with Gasteiger partial charge in [-0.15, -0.1) is 0 Å². The molecule has 1 heterocycles. The van der Waals surface area contributed by atoms with Crippen molar-refractivity contribution < 1.29 is 23.1 Å². The van der Waals surface area contributed by atoms with Gasteiger partial charge in [0.1, 0.15) is 5.75 Å². The molecule has 3 aromatic carbocycles. The molecular formula is C25H23F2N3O3. The Hall–Kier alpha value is -3.94. The van der Waals surface area contributed by atoms with Gasteiger partial charge in [0, 0.05) is 25.2 Å². The Balaban J connectivity index is 1.52. The molecule has 6 nitrogen and oxygen atoms in total. The van der Waals surface area contributed by atoms with Gasteiger partial charge in [0.25, 0.3) is 5.91 Å². The van der Waals surface area contributed by atoms with Gasteiger partial charge in [0.15, 0.2) is 11.6 Å². The van der Waals surface area contributed by atoms with Crippen molar-refractivity contribution in [3.63, 3.8) is 0 Å². The fraction of sp³-hybridized carbons (Fsp3) is 0.200. The summed E-state index contributed by atoms with van der Waals surface area (Å²) in [6.07, 6.45) is 0.691. The lowest BCUT2D eigenvalue weighted by Gasteiger charge is -2.36. The summed E-state index contributed by atoms with van der Waals surface area (Å²) < 4.78 is 32.0. The van der Waals surface area contributed by atoms with E-state index in [4.69, 9.17) is 4.74 Å². The van der Waals surface area contributed by atoms with E-state index in [9.17, 15) is 18.4 Å². The number of halogens is 2. The smallest absolute Gasteiger partial charge is 0.324 e. The Morgan fingerprint density at radius 2 is 1.76 bits per heavy atom. The van der Waals surface area contributed by atoms with Gasteiger partial charge in [-0.3, -0.25) is 9.69 Å². The third-order valence-electron chi connectivity index (χ3n) is 5.46. The van der Waals surface area contributed by atoms with Gasteiger partial charge in [-0.05, 0) is 60.5 Å². The minimum absolute atomic E-state index is 0.160. The fourth-order valence-electron chi connectivity index (χ4n) is 3.76. The number of carbonyl (C=O) groups excluding carboxylic acids is 2. The van der Waals surface area contributed by atoms with Crippen LogP contribution in [0, 0.1) is 11.6 Å². The predicted octanol–water partition coefficient (Wildman–Crippen LogP) is 5.06. The van der Waals surface area contributed by atoms with Crippen LogP contribution in [-0.2, 0) is 6.54 Å². The highest BCUT2D eigenvalue weighted by Crippen LogP contribution is 2.30. The number of carbonyl (C=O) groups is 2. The first-order chi connectivity index (χ1) is 16.0. The van der Waals surface area contributed by atoms with Crippen LogP contribution in [0.5, 0.6) is 5.75 Å². The monoisotopic (exact) mass is 451 g/mol. The second kappa shape index (κ2) is 9.68. The molecule has 170 valence electrons. The molecule has 1 aliphatic rings. The van der Waals surface area contributed by atoms with Crippen LogP contribution < -0.4 is 15.0 Å². The molecule has 0 radical (unpaired) electrons. The van der Waals surface area contributed by atoms with E-state index in [1.165, 1.54) is 6.07 Å². The summed E-state index contributed by atoms with van der Waals surface area (Å²) in [6, 6.07) is 17.1. The number of amides is 3. The third-order valence-corrected chi connectivity index (χ3v) is 5.46. The van der Waals surface area contributed by atoms with Crippen LogP contribution >= 0.6 is 0 Å². The normalized spacial score (nSPS) is 13.7. The highest BCUT2D eigenvalue weighted by Gasteiger charge is 2.28. The van der Waals surface area contributed by atoms with Crippen LogP contribution in [0.1, 0.15) is 22.3 Å². The Morgan fingerprint density at radius 3 is 2.48 bits per heavy atom. The van der Waals surface area contributed by atoms with Gasteiger partial charge in [-0.1, -0.05) is 18.2 Å². The molecule has 8 heteroatoms. The maximum absolute atomic E-state index is 13.6. The summed E-state index contributed by atoms with van der Waals surface area (Å²) >= 11 is 0. The van der Waals surface area contributed by atoms with Crippen LogP contribution in [-0.4, -0.2) is 37.0 Å². The third kappa shape index (κ3) is 4.95. The molecule has 0 aliphatic carbocycles. The minimum atomic E-state index is -0.944. The number of rotatable bonds is 6. The van der Waals surface area contributed by atoms with E-state index in [0.29, 0.717) is 47.8 Å². The molecule has 0 bridgehead atoms. The van der Waals surface area contributed by atoms with Crippen molar-refractivity contribution in [3.8, 4) is 5.75 Å². The first-order valence-corrected chi connectivity index (χ1v) is 10.5. The molecule has 33 heavy (non-hydrogen) atoms. The molecule has 3 aromatic rings. The van der Waals surface area contributed by atoms with E-state index >= 15 is 0 Å². The van der Waals surface area contributed by atoms with Crippen molar-refractivity contribution in [1.82, 2.24) is 4.90 Å². The van der Waals surface area contributed by atoms with E-state index in [-0.39, 0.29) is 18.5 Å². The van der Waals surface area contributed by atoms with E-state index < -0.39 is 11.6 Å². The zero-order chi connectivity index (χ0) is 23.4. The number of urea groups is 1. The van der Waals surface area contributed by atoms with Crippen LogP contribution in [0.2, 0.25) is 0 Å². The van der Waals surface area contributed by atoms with Gasteiger partial charge in [-0.2, -0.15) is 0 Å². The summed E-state index contributed by atoms with van der Waals surface area (Å²) in [7, 11) is 1.55. The molecule has 1 saturated heterocycles. The standard InChI is InChI=1S/C25H23F2N3O3/c1-33-19-10-8-18(9-11-19)24(31)28-22-5-2-3-6-23(22)30-14-4-13-29(25(30)32)16-17-7-12-20(26)21(27)15-17/h2-3,5-12,15H,4,13-14,16H2,1H3,(H,28,31). The average molecular weight is 451 g/mol. The zero-order valence-corrected chi connectivity index (χ0v) is 18.1. The lowest BCUT2D eigenvalue weighted by Crippen LogP contribution is -2.49. The molecule has 3 amide bonds. The second-order valence-corrected chi connectivity index (χ2v) is 7.66. The molecule has 4 rings (SSSR count). The van der Waals surface area contributed by atoms with Crippen molar-refractivity contribution in [2.24, 2.45) is 0 Å². The van der Waals surface area contributed by atoms with Gasteiger partial charge in [0.2, 0.25) is 0 Å². The summed E-state index contributed by atoms with van der Waals surface area (Å²) in [5.41, 5.74) is 2.03. The molecule has 0 atom stereocenters.